The topological polar surface area (TPSA) is 52.6 Å². The van der Waals surface area contributed by atoms with Gasteiger partial charge in [-0.25, -0.2) is 9.59 Å². The Labute approximate surface area is 129 Å². The van der Waals surface area contributed by atoms with Crippen molar-refractivity contribution < 1.29 is 19.1 Å². The minimum atomic E-state index is -0.505. The van der Waals surface area contributed by atoms with E-state index in [9.17, 15) is 9.59 Å². The van der Waals surface area contributed by atoms with Crippen molar-refractivity contribution in [3.63, 3.8) is 0 Å². The summed E-state index contributed by atoms with van der Waals surface area (Å²) in [6.45, 7) is 3.71. The molecule has 2 rings (SSSR count). The van der Waals surface area contributed by atoms with Crippen LogP contribution in [-0.2, 0) is 9.47 Å². The maximum absolute atomic E-state index is 11.8. The minimum absolute atomic E-state index is 0.299. The zero-order chi connectivity index (χ0) is 16.1. The van der Waals surface area contributed by atoms with Gasteiger partial charge in [-0.05, 0) is 34.9 Å². The van der Waals surface area contributed by atoms with E-state index in [-0.39, 0.29) is 0 Å². The number of carbonyl (C=O) groups excluding carboxylic acids is 2. The number of ether oxygens (including phenoxy) is 2. The monoisotopic (exact) mass is 296 g/mol. The molecule has 0 aromatic heterocycles. The molecular formula is C18H16O4. The lowest BCUT2D eigenvalue weighted by atomic mass is 9.99. The van der Waals surface area contributed by atoms with Gasteiger partial charge in [-0.15, -0.1) is 0 Å². The first-order valence-electron chi connectivity index (χ1n) is 6.63. The Morgan fingerprint density at radius 2 is 1.36 bits per heavy atom. The van der Waals surface area contributed by atoms with Crippen molar-refractivity contribution in [1.82, 2.24) is 0 Å². The Balaban J connectivity index is 2.55. The highest BCUT2D eigenvalue weighted by atomic mass is 16.5. The fraction of sp³-hybridized carbons (Fsp3) is 0.111. The standard InChI is InChI=1S/C18H16O4/c1-4-12-5-7-13(8-6-12)14-9-15(17(19)21-2)11-16(10-14)18(20)22-3/h4-11H,1H2,2-3H3. The van der Waals surface area contributed by atoms with Gasteiger partial charge >= 0.3 is 11.9 Å². The van der Waals surface area contributed by atoms with Crippen LogP contribution in [0, 0.1) is 0 Å². The molecule has 0 fully saturated rings. The number of hydrogen-bond donors (Lipinski definition) is 0. The van der Waals surface area contributed by atoms with Crippen molar-refractivity contribution >= 4 is 18.0 Å². The van der Waals surface area contributed by atoms with Gasteiger partial charge in [0.25, 0.3) is 0 Å². The van der Waals surface area contributed by atoms with Gasteiger partial charge in [0, 0.05) is 0 Å². The van der Waals surface area contributed by atoms with Gasteiger partial charge < -0.3 is 9.47 Å². The van der Waals surface area contributed by atoms with Crippen LogP contribution in [0.5, 0.6) is 0 Å². The van der Waals surface area contributed by atoms with Crippen LogP contribution in [-0.4, -0.2) is 26.2 Å². The van der Waals surface area contributed by atoms with Crippen LogP contribution in [0.1, 0.15) is 26.3 Å². The highest BCUT2D eigenvalue weighted by Gasteiger charge is 2.14. The average molecular weight is 296 g/mol. The molecule has 0 aliphatic heterocycles. The van der Waals surface area contributed by atoms with Crippen molar-refractivity contribution in [1.29, 1.82) is 0 Å². The van der Waals surface area contributed by atoms with E-state index in [0.29, 0.717) is 11.1 Å². The summed E-state index contributed by atoms with van der Waals surface area (Å²) in [5.41, 5.74) is 3.20. The Kier molecular flexibility index (Phi) is 4.73. The summed E-state index contributed by atoms with van der Waals surface area (Å²) >= 11 is 0. The highest BCUT2D eigenvalue weighted by Crippen LogP contribution is 2.24. The zero-order valence-electron chi connectivity index (χ0n) is 12.5. The van der Waals surface area contributed by atoms with Gasteiger partial charge in [0.05, 0.1) is 25.3 Å². The smallest absolute Gasteiger partial charge is 0.337 e. The molecule has 0 aliphatic rings. The summed E-state index contributed by atoms with van der Waals surface area (Å²) in [5, 5.41) is 0. The number of methoxy groups -OCH3 is 2. The van der Waals surface area contributed by atoms with E-state index in [4.69, 9.17) is 9.47 Å². The lowest BCUT2D eigenvalue weighted by molar-refractivity contribution is 0.0599. The first-order valence-corrected chi connectivity index (χ1v) is 6.63. The molecule has 2 aromatic carbocycles. The van der Waals surface area contributed by atoms with Gasteiger partial charge in [0.1, 0.15) is 0 Å². The third-order valence-electron chi connectivity index (χ3n) is 3.25. The zero-order valence-corrected chi connectivity index (χ0v) is 12.5. The molecule has 112 valence electrons. The Morgan fingerprint density at radius 1 is 0.864 bits per heavy atom. The van der Waals surface area contributed by atoms with Crippen molar-refractivity contribution in [3.8, 4) is 11.1 Å². The molecule has 0 aliphatic carbocycles. The minimum Gasteiger partial charge on any atom is -0.465 e. The van der Waals surface area contributed by atoms with E-state index in [2.05, 4.69) is 6.58 Å². The number of hydrogen-bond acceptors (Lipinski definition) is 4. The first-order chi connectivity index (χ1) is 10.6. The molecule has 0 saturated heterocycles. The number of rotatable bonds is 4. The number of esters is 2. The Bertz CT molecular complexity index is 680. The van der Waals surface area contributed by atoms with Crippen LogP contribution in [0.15, 0.2) is 49.0 Å². The first kappa shape index (κ1) is 15.5. The molecular weight excluding hydrogens is 280 g/mol. The molecule has 2 aromatic rings. The largest absolute Gasteiger partial charge is 0.465 e. The van der Waals surface area contributed by atoms with Gasteiger partial charge in [0.15, 0.2) is 0 Å². The normalized spacial score (nSPS) is 9.91. The van der Waals surface area contributed by atoms with Crippen LogP contribution in [0.2, 0.25) is 0 Å². The van der Waals surface area contributed by atoms with Crippen LogP contribution in [0.25, 0.3) is 17.2 Å². The van der Waals surface area contributed by atoms with Crippen molar-refractivity contribution in [3.05, 3.63) is 65.7 Å². The third-order valence-corrected chi connectivity index (χ3v) is 3.25. The molecule has 0 amide bonds. The van der Waals surface area contributed by atoms with E-state index in [1.165, 1.54) is 20.3 Å². The van der Waals surface area contributed by atoms with Crippen LogP contribution in [0.3, 0.4) is 0 Å². The lowest BCUT2D eigenvalue weighted by Crippen LogP contribution is -2.07. The summed E-state index contributed by atoms with van der Waals surface area (Å²) in [6, 6.07) is 12.4. The summed E-state index contributed by atoms with van der Waals surface area (Å²) in [7, 11) is 2.59. The second kappa shape index (κ2) is 6.72. The molecule has 22 heavy (non-hydrogen) atoms. The van der Waals surface area contributed by atoms with Gasteiger partial charge in [-0.3, -0.25) is 0 Å². The quantitative estimate of drug-likeness (QED) is 0.809. The fourth-order valence-corrected chi connectivity index (χ4v) is 2.08. The summed E-state index contributed by atoms with van der Waals surface area (Å²) in [6.07, 6.45) is 1.74. The van der Waals surface area contributed by atoms with E-state index in [0.717, 1.165) is 16.7 Å². The van der Waals surface area contributed by atoms with E-state index in [1.807, 2.05) is 24.3 Å². The van der Waals surface area contributed by atoms with E-state index >= 15 is 0 Å². The third kappa shape index (κ3) is 3.23. The number of benzene rings is 2. The molecule has 0 heterocycles. The van der Waals surface area contributed by atoms with Gasteiger partial charge in [0.2, 0.25) is 0 Å². The van der Waals surface area contributed by atoms with Crippen LogP contribution >= 0.6 is 0 Å². The Hall–Kier alpha value is -2.88. The molecule has 0 N–H and O–H groups in total. The lowest BCUT2D eigenvalue weighted by Gasteiger charge is -2.08. The molecule has 0 radical (unpaired) electrons. The van der Waals surface area contributed by atoms with Gasteiger partial charge in [-0.2, -0.15) is 0 Å². The molecule has 0 unspecified atom stereocenters. The molecule has 0 bridgehead atoms. The van der Waals surface area contributed by atoms with Crippen molar-refractivity contribution in [2.75, 3.05) is 14.2 Å². The summed E-state index contributed by atoms with van der Waals surface area (Å²) < 4.78 is 9.46. The predicted octanol–water partition coefficient (Wildman–Crippen LogP) is 3.57. The highest BCUT2D eigenvalue weighted by molar-refractivity contribution is 5.97. The predicted molar refractivity (Wildman–Crippen MR) is 84.6 cm³/mol. The van der Waals surface area contributed by atoms with E-state index < -0.39 is 11.9 Å². The second-order valence-electron chi connectivity index (χ2n) is 4.61. The average Bonchev–Trinajstić information content (AvgIpc) is 2.59. The fourth-order valence-electron chi connectivity index (χ4n) is 2.08. The van der Waals surface area contributed by atoms with E-state index in [1.54, 1.807) is 18.2 Å². The maximum atomic E-state index is 11.8. The Morgan fingerprint density at radius 3 is 1.77 bits per heavy atom. The van der Waals surface area contributed by atoms with Gasteiger partial charge in [-0.1, -0.05) is 36.9 Å². The van der Waals surface area contributed by atoms with Crippen molar-refractivity contribution in [2.45, 2.75) is 0 Å². The molecule has 4 heteroatoms. The maximum Gasteiger partial charge on any atom is 0.337 e. The van der Waals surface area contributed by atoms with Crippen molar-refractivity contribution in [2.24, 2.45) is 0 Å². The summed E-state index contributed by atoms with van der Waals surface area (Å²) in [5.74, 6) is -1.01. The SMILES string of the molecule is C=Cc1ccc(-c2cc(C(=O)OC)cc(C(=O)OC)c2)cc1. The molecule has 0 spiro atoms. The molecule has 0 saturated carbocycles. The number of carbonyl (C=O) groups is 2. The molecule has 4 nitrogen and oxygen atoms in total. The summed E-state index contributed by atoms with van der Waals surface area (Å²) in [4.78, 5) is 23.5. The van der Waals surface area contributed by atoms with Crippen LogP contribution in [0.4, 0.5) is 0 Å². The second-order valence-corrected chi connectivity index (χ2v) is 4.61. The van der Waals surface area contributed by atoms with Crippen LogP contribution < -0.4 is 0 Å². The molecule has 0 atom stereocenters.